The monoisotopic (exact) mass is 248 g/mol. The molecule has 0 aliphatic carbocycles. The van der Waals surface area contributed by atoms with Crippen LogP contribution in [-0.2, 0) is 6.54 Å². The molecular formula is C13H16N2O3. The van der Waals surface area contributed by atoms with Crippen molar-refractivity contribution >= 4 is 10.9 Å². The lowest BCUT2D eigenvalue weighted by atomic mass is 10.2. The first-order chi connectivity index (χ1) is 8.65. The van der Waals surface area contributed by atoms with Gasteiger partial charge in [-0.2, -0.15) is 4.98 Å². The molecule has 0 saturated heterocycles. The van der Waals surface area contributed by atoms with E-state index in [0.29, 0.717) is 24.1 Å². The van der Waals surface area contributed by atoms with Crippen molar-refractivity contribution in [1.82, 2.24) is 9.55 Å². The minimum Gasteiger partial charge on any atom is -0.497 e. The molecule has 1 heterocycles. The summed E-state index contributed by atoms with van der Waals surface area (Å²) in [5.41, 5.74) is 0.467. The summed E-state index contributed by atoms with van der Waals surface area (Å²) >= 11 is 0. The summed E-state index contributed by atoms with van der Waals surface area (Å²) in [7, 11) is 1.55. The fraction of sp³-hybridized carbons (Fsp3) is 0.385. The van der Waals surface area contributed by atoms with Gasteiger partial charge in [0, 0.05) is 0 Å². The Balaban J connectivity index is 2.56. The average molecular weight is 248 g/mol. The fourth-order valence-electron chi connectivity index (χ4n) is 1.82. The van der Waals surface area contributed by atoms with Crippen LogP contribution in [-0.4, -0.2) is 27.9 Å². The number of aliphatic hydroxyl groups excluding tert-OH is 1. The van der Waals surface area contributed by atoms with Crippen LogP contribution in [0.15, 0.2) is 29.3 Å². The topological polar surface area (TPSA) is 64.3 Å². The van der Waals surface area contributed by atoms with E-state index in [-0.39, 0.29) is 5.56 Å². The molecule has 0 saturated carbocycles. The second kappa shape index (κ2) is 5.18. The molecule has 5 nitrogen and oxygen atoms in total. The summed E-state index contributed by atoms with van der Waals surface area (Å²) in [6.07, 6.45) is 1.68. The van der Waals surface area contributed by atoms with E-state index >= 15 is 0 Å². The summed E-state index contributed by atoms with van der Waals surface area (Å²) in [4.78, 5) is 15.5. The molecule has 96 valence electrons. The van der Waals surface area contributed by atoms with Crippen LogP contribution >= 0.6 is 0 Å². The molecular weight excluding hydrogens is 232 g/mol. The highest BCUT2D eigenvalue weighted by molar-refractivity contribution is 5.79. The van der Waals surface area contributed by atoms with Gasteiger partial charge in [0.1, 0.15) is 5.75 Å². The predicted molar refractivity (Wildman–Crippen MR) is 68.9 cm³/mol. The van der Waals surface area contributed by atoms with Gasteiger partial charge in [-0.25, -0.2) is 0 Å². The molecule has 1 atom stereocenters. The molecule has 0 radical (unpaired) electrons. The maximum absolute atomic E-state index is 11.7. The molecule has 0 bridgehead atoms. The lowest BCUT2D eigenvalue weighted by Gasteiger charge is -2.13. The summed E-state index contributed by atoms with van der Waals surface area (Å²) in [5, 5.41) is 10.2. The number of benzene rings is 1. The van der Waals surface area contributed by atoms with Crippen LogP contribution in [0.25, 0.3) is 10.9 Å². The van der Waals surface area contributed by atoms with Crippen LogP contribution < -0.4 is 10.3 Å². The van der Waals surface area contributed by atoms with Crippen LogP contribution in [0.3, 0.4) is 0 Å². The van der Waals surface area contributed by atoms with Gasteiger partial charge < -0.3 is 14.4 Å². The second-order valence-corrected chi connectivity index (χ2v) is 4.15. The van der Waals surface area contributed by atoms with Crippen LogP contribution in [0.4, 0.5) is 0 Å². The van der Waals surface area contributed by atoms with E-state index in [1.54, 1.807) is 29.9 Å². The number of methoxy groups -OCH3 is 1. The second-order valence-electron chi connectivity index (χ2n) is 4.15. The van der Waals surface area contributed by atoms with Gasteiger partial charge in [0.25, 0.3) is 5.56 Å². The molecule has 0 amide bonds. The zero-order valence-electron chi connectivity index (χ0n) is 10.5. The van der Waals surface area contributed by atoms with Crippen LogP contribution in [0.2, 0.25) is 0 Å². The van der Waals surface area contributed by atoms with Crippen molar-refractivity contribution < 1.29 is 9.84 Å². The third-order valence-corrected chi connectivity index (χ3v) is 2.94. The molecule has 1 N–H and O–H groups in total. The van der Waals surface area contributed by atoms with Crippen molar-refractivity contribution in [2.24, 2.45) is 0 Å². The Kier molecular flexibility index (Phi) is 3.62. The van der Waals surface area contributed by atoms with Crippen molar-refractivity contribution in [2.75, 3.05) is 7.11 Å². The van der Waals surface area contributed by atoms with E-state index in [2.05, 4.69) is 4.98 Å². The van der Waals surface area contributed by atoms with E-state index < -0.39 is 6.10 Å². The van der Waals surface area contributed by atoms with Crippen molar-refractivity contribution in [1.29, 1.82) is 0 Å². The first kappa shape index (κ1) is 12.6. The van der Waals surface area contributed by atoms with Crippen molar-refractivity contribution in [3.05, 3.63) is 34.9 Å². The highest BCUT2D eigenvalue weighted by atomic mass is 16.5. The quantitative estimate of drug-likeness (QED) is 0.882. The van der Waals surface area contributed by atoms with E-state index in [0.717, 1.165) is 5.52 Å². The summed E-state index contributed by atoms with van der Waals surface area (Å²) in [5.74, 6) is 0.621. The molecule has 0 aliphatic rings. The van der Waals surface area contributed by atoms with Gasteiger partial charge in [0.15, 0.2) is 0 Å². The highest BCUT2D eigenvalue weighted by Crippen LogP contribution is 2.17. The van der Waals surface area contributed by atoms with E-state index in [1.165, 1.54) is 6.33 Å². The lowest BCUT2D eigenvalue weighted by Crippen LogP contribution is -2.19. The van der Waals surface area contributed by atoms with Gasteiger partial charge in [-0.1, -0.05) is 6.92 Å². The third kappa shape index (κ3) is 2.36. The van der Waals surface area contributed by atoms with Gasteiger partial charge in [-0.3, -0.25) is 4.79 Å². The minimum atomic E-state index is -0.445. The van der Waals surface area contributed by atoms with Gasteiger partial charge in [-0.15, -0.1) is 0 Å². The fourth-order valence-corrected chi connectivity index (χ4v) is 1.82. The van der Waals surface area contributed by atoms with Crippen molar-refractivity contribution in [3.8, 4) is 5.75 Å². The molecule has 2 aromatic rings. The molecule has 2 rings (SSSR count). The molecule has 1 aromatic carbocycles. The van der Waals surface area contributed by atoms with Gasteiger partial charge in [0.05, 0.1) is 37.0 Å². The Bertz CT molecular complexity index is 607. The zero-order valence-corrected chi connectivity index (χ0v) is 10.5. The largest absolute Gasteiger partial charge is 0.497 e. The molecule has 0 unspecified atom stereocenters. The van der Waals surface area contributed by atoms with Crippen LogP contribution in [0.1, 0.15) is 13.3 Å². The van der Waals surface area contributed by atoms with E-state index in [9.17, 15) is 9.90 Å². The highest BCUT2D eigenvalue weighted by Gasteiger charge is 2.08. The Hall–Kier alpha value is -1.88. The SMILES string of the molecule is CC[C@H](O)Cn1cnc(=O)c2cc(OC)ccc21. The standard InChI is InChI=1S/C13H16N2O3/c1-3-9(16)7-15-8-14-13(17)11-6-10(18-2)4-5-12(11)15/h4-6,8-9,16H,3,7H2,1-2H3/t9-/m0/s1. The Morgan fingerprint density at radius 2 is 2.28 bits per heavy atom. The predicted octanol–water partition coefficient (Wildman–Crippen LogP) is 1.18. The minimum absolute atomic E-state index is 0.286. The number of rotatable bonds is 4. The molecule has 5 heteroatoms. The van der Waals surface area contributed by atoms with Gasteiger partial charge >= 0.3 is 0 Å². The number of fused-ring (bicyclic) bond motifs is 1. The normalized spacial score (nSPS) is 12.6. The van der Waals surface area contributed by atoms with Crippen molar-refractivity contribution in [2.45, 2.75) is 26.0 Å². The summed E-state index contributed by atoms with van der Waals surface area (Å²) in [6, 6.07) is 5.26. The number of ether oxygens (including phenoxy) is 1. The summed E-state index contributed by atoms with van der Waals surface area (Å²) in [6.45, 7) is 2.33. The third-order valence-electron chi connectivity index (χ3n) is 2.94. The number of aromatic nitrogens is 2. The van der Waals surface area contributed by atoms with E-state index in [1.807, 2.05) is 6.92 Å². The Morgan fingerprint density at radius 1 is 1.50 bits per heavy atom. The maximum Gasteiger partial charge on any atom is 0.280 e. The number of aliphatic hydroxyl groups is 1. The van der Waals surface area contributed by atoms with Gasteiger partial charge in [0.2, 0.25) is 0 Å². The average Bonchev–Trinajstić information content (AvgIpc) is 2.41. The Morgan fingerprint density at radius 3 is 2.94 bits per heavy atom. The maximum atomic E-state index is 11.7. The molecule has 0 aliphatic heterocycles. The smallest absolute Gasteiger partial charge is 0.280 e. The first-order valence-electron chi connectivity index (χ1n) is 5.87. The number of hydrogen-bond acceptors (Lipinski definition) is 4. The van der Waals surface area contributed by atoms with E-state index in [4.69, 9.17) is 4.74 Å². The summed E-state index contributed by atoms with van der Waals surface area (Å²) < 4.78 is 6.88. The number of hydrogen-bond donors (Lipinski definition) is 1. The lowest BCUT2D eigenvalue weighted by molar-refractivity contribution is 0.151. The van der Waals surface area contributed by atoms with Crippen LogP contribution in [0, 0.1) is 0 Å². The molecule has 1 aromatic heterocycles. The molecule has 0 spiro atoms. The van der Waals surface area contributed by atoms with Crippen LogP contribution in [0.5, 0.6) is 5.75 Å². The van der Waals surface area contributed by atoms with Crippen molar-refractivity contribution in [3.63, 3.8) is 0 Å². The molecule has 18 heavy (non-hydrogen) atoms. The first-order valence-corrected chi connectivity index (χ1v) is 5.87. The van der Waals surface area contributed by atoms with Gasteiger partial charge in [-0.05, 0) is 24.6 Å². The Labute approximate surface area is 105 Å². The number of nitrogens with zero attached hydrogens (tertiary/aromatic N) is 2. The molecule has 0 fully saturated rings. The zero-order chi connectivity index (χ0) is 13.1.